The second-order valence-electron chi connectivity index (χ2n) is 2.87. The fourth-order valence-electron chi connectivity index (χ4n) is 1.35. The summed E-state index contributed by atoms with van der Waals surface area (Å²) in [6, 6.07) is 6.90. The maximum Gasteiger partial charge on any atom is 0.417 e. The summed E-state index contributed by atoms with van der Waals surface area (Å²) in [6.07, 6.45) is -2.84. The van der Waals surface area contributed by atoms with Crippen LogP contribution in [0, 0.1) is 0 Å². The summed E-state index contributed by atoms with van der Waals surface area (Å²) in [6.45, 7) is 0. The van der Waals surface area contributed by atoms with Gasteiger partial charge in [-0.3, -0.25) is 4.98 Å². The number of alkyl halides is 3. The summed E-state index contributed by atoms with van der Waals surface area (Å²) < 4.78 is 37.5. The van der Waals surface area contributed by atoms with Gasteiger partial charge in [0.2, 0.25) is 0 Å². The van der Waals surface area contributed by atoms with Crippen molar-refractivity contribution in [2.45, 2.75) is 6.18 Å². The molecule has 2 rings (SSSR count). The van der Waals surface area contributed by atoms with Crippen LogP contribution in [0.1, 0.15) is 5.56 Å². The summed E-state index contributed by atoms with van der Waals surface area (Å²) in [5, 5.41) is 0.141. The zero-order valence-corrected chi connectivity index (χ0v) is 7.05. The van der Waals surface area contributed by atoms with Gasteiger partial charge in [0, 0.05) is 11.6 Å². The first-order valence-corrected chi connectivity index (χ1v) is 4.00. The van der Waals surface area contributed by atoms with E-state index >= 15 is 0 Å². The number of rotatable bonds is 0. The molecule has 1 heterocycles. The third-order valence-electron chi connectivity index (χ3n) is 1.95. The van der Waals surface area contributed by atoms with Gasteiger partial charge >= 0.3 is 6.18 Å². The number of hydrogen-bond donors (Lipinski definition) is 0. The zero-order valence-electron chi connectivity index (χ0n) is 7.05. The van der Waals surface area contributed by atoms with Crippen molar-refractivity contribution < 1.29 is 13.2 Å². The van der Waals surface area contributed by atoms with E-state index in [-0.39, 0.29) is 5.39 Å². The highest BCUT2D eigenvalue weighted by atomic mass is 19.4. The first-order chi connectivity index (χ1) is 6.59. The van der Waals surface area contributed by atoms with E-state index in [0.717, 1.165) is 6.07 Å². The van der Waals surface area contributed by atoms with E-state index in [4.69, 9.17) is 0 Å². The van der Waals surface area contributed by atoms with E-state index < -0.39 is 11.7 Å². The molecule has 0 bridgehead atoms. The maximum absolute atomic E-state index is 12.5. The molecule has 1 nitrogen and oxygen atoms in total. The van der Waals surface area contributed by atoms with Crippen molar-refractivity contribution in [1.29, 1.82) is 0 Å². The minimum atomic E-state index is -4.32. The number of nitrogens with zero attached hydrogens (tertiary/aromatic N) is 1. The number of benzene rings is 1. The second kappa shape index (κ2) is 2.97. The summed E-state index contributed by atoms with van der Waals surface area (Å²) in [5.74, 6) is 0. The Bertz CT molecular complexity index is 457. The molecule has 0 N–H and O–H groups in total. The summed E-state index contributed by atoms with van der Waals surface area (Å²) >= 11 is 0. The van der Waals surface area contributed by atoms with Crippen LogP contribution in [0.4, 0.5) is 13.2 Å². The lowest BCUT2D eigenvalue weighted by Gasteiger charge is -2.08. The molecule has 4 heteroatoms. The molecule has 0 saturated heterocycles. The van der Waals surface area contributed by atoms with Gasteiger partial charge < -0.3 is 0 Å². The SMILES string of the molecule is FC(F)(F)c1cccc2ncccc12. The molecule has 0 radical (unpaired) electrons. The van der Waals surface area contributed by atoms with Crippen LogP contribution >= 0.6 is 0 Å². The molecule has 0 atom stereocenters. The highest BCUT2D eigenvalue weighted by molar-refractivity contribution is 5.82. The van der Waals surface area contributed by atoms with Crippen LogP contribution in [-0.4, -0.2) is 4.98 Å². The maximum atomic E-state index is 12.5. The number of aromatic nitrogens is 1. The minimum Gasteiger partial charge on any atom is -0.256 e. The van der Waals surface area contributed by atoms with E-state index in [2.05, 4.69) is 4.98 Å². The van der Waals surface area contributed by atoms with Crippen LogP contribution in [0.25, 0.3) is 10.9 Å². The van der Waals surface area contributed by atoms with Crippen molar-refractivity contribution in [3.63, 3.8) is 0 Å². The molecule has 0 spiro atoms. The highest BCUT2D eigenvalue weighted by Gasteiger charge is 2.32. The van der Waals surface area contributed by atoms with Crippen molar-refractivity contribution in [3.05, 3.63) is 42.1 Å². The largest absolute Gasteiger partial charge is 0.417 e. The van der Waals surface area contributed by atoms with Crippen molar-refractivity contribution in [2.75, 3.05) is 0 Å². The van der Waals surface area contributed by atoms with Gasteiger partial charge in [0.15, 0.2) is 0 Å². The van der Waals surface area contributed by atoms with E-state index in [1.807, 2.05) is 0 Å². The first kappa shape index (κ1) is 8.99. The number of halogens is 3. The number of hydrogen-bond acceptors (Lipinski definition) is 1. The Labute approximate surface area is 78.2 Å². The molecule has 1 aromatic carbocycles. The minimum absolute atomic E-state index is 0.141. The Balaban J connectivity index is 2.78. The number of pyridine rings is 1. The third kappa shape index (κ3) is 1.43. The fourth-order valence-corrected chi connectivity index (χ4v) is 1.35. The quantitative estimate of drug-likeness (QED) is 0.631. The van der Waals surface area contributed by atoms with Gasteiger partial charge in [0.1, 0.15) is 0 Å². The zero-order chi connectivity index (χ0) is 10.2. The molecule has 72 valence electrons. The van der Waals surface area contributed by atoms with Crippen LogP contribution in [0.5, 0.6) is 0 Å². The molecule has 2 aromatic rings. The van der Waals surface area contributed by atoms with Crippen molar-refractivity contribution >= 4 is 10.9 Å². The molecular weight excluding hydrogens is 191 g/mol. The van der Waals surface area contributed by atoms with Crippen LogP contribution in [-0.2, 0) is 6.18 Å². The Hall–Kier alpha value is -1.58. The smallest absolute Gasteiger partial charge is 0.256 e. The summed E-state index contributed by atoms with van der Waals surface area (Å²) in [5.41, 5.74) is -0.273. The first-order valence-electron chi connectivity index (χ1n) is 4.00. The predicted octanol–water partition coefficient (Wildman–Crippen LogP) is 3.25. The average molecular weight is 197 g/mol. The number of fused-ring (bicyclic) bond motifs is 1. The van der Waals surface area contributed by atoms with Crippen molar-refractivity contribution in [1.82, 2.24) is 4.98 Å². The van der Waals surface area contributed by atoms with Crippen LogP contribution in [0.2, 0.25) is 0 Å². The molecule has 0 aliphatic heterocycles. The van der Waals surface area contributed by atoms with Gasteiger partial charge in [-0.1, -0.05) is 12.1 Å². The lowest BCUT2D eigenvalue weighted by molar-refractivity contribution is -0.136. The highest BCUT2D eigenvalue weighted by Crippen LogP contribution is 2.33. The Kier molecular flexibility index (Phi) is 1.91. The molecule has 0 saturated carbocycles. The molecular formula is C10H6F3N. The fraction of sp³-hybridized carbons (Fsp3) is 0.100. The topological polar surface area (TPSA) is 12.9 Å². The Morgan fingerprint density at radius 1 is 1.00 bits per heavy atom. The lowest BCUT2D eigenvalue weighted by Crippen LogP contribution is -2.05. The van der Waals surface area contributed by atoms with Gasteiger partial charge in [-0.25, -0.2) is 0 Å². The van der Waals surface area contributed by atoms with Crippen LogP contribution in [0.3, 0.4) is 0 Å². The van der Waals surface area contributed by atoms with Gasteiger partial charge in [-0.05, 0) is 18.2 Å². The monoisotopic (exact) mass is 197 g/mol. The van der Waals surface area contributed by atoms with E-state index in [1.165, 1.54) is 24.4 Å². The van der Waals surface area contributed by atoms with E-state index in [0.29, 0.717) is 5.52 Å². The molecule has 0 fully saturated rings. The molecule has 0 amide bonds. The standard InChI is InChI=1S/C10H6F3N/c11-10(12,13)8-4-1-5-9-7(8)3-2-6-14-9/h1-6H. The Morgan fingerprint density at radius 2 is 1.79 bits per heavy atom. The Morgan fingerprint density at radius 3 is 2.50 bits per heavy atom. The van der Waals surface area contributed by atoms with Crippen LogP contribution < -0.4 is 0 Å². The van der Waals surface area contributed by atoms with E-state index in [9.17, 15) is 13.2 Å². The van der Waals surface area contributed by atoms with Gasteiger partial charge in [0.25, 0.3) is 0 Å². The molecule has 14 heavy (non-hydrogen) atoms. The lowest BCUT2D eigenvalue weighted by atomic mass is 10.1. The van der Waals surface area contributed by atoms with Gasteiger partial charge in [-0.2, -0.15) is 13.2 Å². The summed E-state index contributed by atoms with van der Waals surface area (Å²) in [4.78, 5) is 3.86. The molecule has 0 aliphatic rings. The summed E-state index contributed by atoms with van der Waals surface area (Å²) in [7, 11) is 0. The van der Waals surface area contributed by atoms with Crippen molar-refractivity contribution in [2.24, 2.45) is 0 Å². The normalized spacial score (nSPS) is 11.9. The van der Waals surface area contributed by atoms with E-state index in [1.54, 1.807) is 6.07 Å². The average Bonchev–Trinajstić information content (AvgIpc) is 2.15. The second-order valence-corrected chi connectivity index (χ2v) is 2.87. The third-order valence-corrected chi connectivity index (χ3v) is 1.95. The van der Waals surface area contributed by atoms with Crippen molar-refractivity contribution in [3.8, 4) is 0 Å². The van der Waals surface area contributed by atoms with Gasteiger partial charge in [0.05, 0.1) is 11.1 Å². The predicted molar refractivity (Wildman–Crippen MR) is 46.7 cm³/mol. The molecule has 1 aromatic heterocycles. The molecule has 0 aliphatic carbocycles. The molecule has 0 unspecified atom stereocenters. The van der Waals surface area contributed by atoms with Crippen LogP contribution in [0.15, 0.2) is 36.5 Å². The van der Waals surface area contributed by atoms with Gasteiger partial charge in [-0.15, -0.1) is 0 Å².